The Kier molecular flexibility index (Phi) is 1.96. The molecule has 0 aromatic heterocycles. The average molecular weight is 152 g/mol. The van der Waals surface area contributed by atoms with Crippen LogP contribution < -0.4 is 10.6 Å². The molecule has 1 heterocycles. The Hall–Kier alpha value is -0.340. The monoisotopic (exact) mass is 152 g/mol. The second kappa shape index (κ2) is 2.95. The smallest absolute Gasteiger partial charge is 0.0145 e. The topological polar surface area (TPSA) is 24.1 Å². The predicted octanol–water partition coefficient (Wildman–Crippen LogP) is 0.370. The van der Waals surface area contributed by atoms with Gasteiger partial charge in [-0.25, -0.2) is 0 Å². The van der Waals surface area contributed by atoms with E-state index in [1.54, 1.807) is 0 Å². The summed E-state index contributed by atoms with van der Waals surface area (Å²) in [5.41, 5.74) is 0. The Labute approximate surface area is 68.1 Å². The van der Waals surface area contributed by atoms with E-state index in [2.05, 4.69) is 29.8 Å². The Bertz CT molecular complexity index is 165. The van der Waals surface area contributed by atoms with E-state index in [1.165, 1.54) is 19.5 Å². The van der Waals surface area contributed by atoms with Crippen molar-refractivity contribution in [2.45, 2.75) is 12.5 Å². The van der Waals surface area contributed by atoms with E-state index in [0.717, 1.165) is 11.8 Å². The van der Waals surface area contributed by atoms with Crippen LogP contribution in [-0.2, 0) is 0 Å². The summed E-state index contributed by atoms with van der Waals surface area (Å²) >= 11 is 0. The van der Waals surface area contributed by atoms with Crippen molar-refractivity contribution >= 4 is 0 Å². The molecule has 2 rings (SSSR count). The van der Waals surface area contributed by atoms with Gasteiger partial charge in [-0.15, -0.1) is 0 Å². The summed E-state index contributed by atoms with van der Waals surface area (Å²) in [5.74, 6) is 1.63. The van der Waals surface area contributed by atoms with Crippen molar-refractivity contribution in [2.24, 2.45) is 11.8 Å². The average Bonchev–Trinajstić information content (AvgIpc) is 2.50. The lowest BCUT2D eigenvalue weighted by Gasteiger charge is -2.28. The minimum absolute atomic E-state index is 0.708. The first kappa shape index (κ1) is 7.32. The van der Waals surface area contributed by atoms with Gasteiger partial charge < -0.3 is 10.6 Å². The highest BCUT2D eigenvalue weighted by Crippen LogP contribution is 2.27. The summed E-state index contributed by atoms with van der Waals surface area (Å²) in [6.45, 7) is 2.37. The largest absolute Gasteiger partial charge is 0.316 e. The van der Waals surface area contributed by atoms with Crippen LogP contribution in [0, 0.1) is 11.8 Å². The number of fused-ring (bicyclic) bond motifs is 1. The lowest BCUT2D eigenvalue weighted by Crippen LogP contribution is -2.38. The van der Waals surface area contributed by atoms with Crippen LogP contribution in [0.4, 0.5) is 0 Å². The molecule has 11 heavy (non-hydrogen) atoms. The van der Waals surface area contributed by atoms with E-state index in [4.69, 9.17) is 0 Å². The number of rotatable bonds is 1. The van der Waals surface area contributed by atoms with Gasteiger partial charge in [-0.2, -0.15) is 0 Å². The van der Waals surface area contributed by atoms with Gasteiger partial charge in [-0.3, -0.25) is 0 Å². The molecule has 0 aromatic carbocycles. The molecule has 1 saturated heterocycles. The summed E-state index contributed by atoms with van der Waals surface area (Å²) in [4.78, 5) is 0. The van der Waals surface area contributed by atoms with Crippen LogP contribution in [0.15, 0.2) is 12.2 Å². The number of nitrogens with one attached hydrogen (secondary N) is 2. The van der Waals surface area contributed by atoms with E-state index in [1.807, 2.05) is 0 Å². The van der Waals surface area contributed by atoms with Crippen LogP contribution in [0.5, 0.6) is 0 Å². The second-order valence-electron chi connectivity index (χ2n) is 3.54. The Morgan fingerprint density at radius 1 is 1.45 bits per heavy atom. The summed E-state index contributed by atoms with van der Waals surface area (Å²) in [6, 6.07) is 0.708. The Balaban J connectivity index is 2.09. The van der Waals surface area contributed by atoms with Crippen LogP contribution in [0.2, 0.25) is 0 Å². The van der Waals surface area contributed by atoms with Crippen molar-refractivity contribution in [1.29, 1.82) is 0 Å². The third-order valence-electron chi connectivity index (χ3n) is 2.97. The fourth-order valence-corrected chi connectivity index (χ4v) is 2.28. The van der Waals surface area contributed by atoms with Crippen LogP contribution in [0.3, 0.4) is 0 Å². The Morgan fingerprint density at radius 3 is 3.18 bits per heavy atom. The van der Waals surface area contributed by atoms with Gasteiger partial charge in [0, 0.05) is 19.1 Å². The molecule has 62 valence electrons. The number of hydrogen-bond donors (Lipinski definition) is 2. The molecule has 0 amide bonds. The molecule has 2 nitrogen and oxygen atoms in total. The van der Waals surface area contributed by atoms with E-state index in [0.29, 0.717) is 6.04 Å². The van der Waals surface area contributed by atoms with Gasteiger partial charge in [0.15, 0.2) is 0 Å². The summed E-state index contributed by atoms with van der Waals surface area (Å²) in [7, 11) is 2.07. The highest BCUT2D eigenvalue weighted by atomic mass is 15.0. The van der Waals surface area contributed by atoms with Gasteiger partial charge in [0.2, 0.25) is 0 Å². The first-order valence-electron chi connectivity index (χ1n) is 4.46. The lowest BCUT2D eigenvalue weighted by molar-refractivity contribution is 0.339. The molecule has 1 aliphatic carbocycles. The third kappa shape index (κ3) is 1.21. The van der Waals surface area contributed by atoms with Crippen LogP contribution in [0.1, 0.15) is 6.42 Å². The Morgan fingerprint density at radius 2 is 2.36 bits per heavy atom. The first-order valence-corrected chi connectivity index (χ1v) is 4.46. The maximum atomic E-state index is 3.44. The van der Waals surface area contributed by atoms with E-state index < -0.39 is 0 Å². The molecule has 0 aromatic rings. The van der Waals surface area contributed by atoms with Crippen molar-refractivity contribution < 1.29 is 0 Å². The van der Waals surface area contributed by atoms with Gasteiger partial charge >= 0.3 is 0 Å². The molecule has 3 atom stereocenters. The quantitative estimate of drug-likeness (QED) is 0.530. The van der Waals surface area contributed by atoms with Crippen LogP contribution >= 0.6 is 0 Å². The van der Waals surface area contributed by atoms with Crippen molar-refractivity contribution in [3.05, 3.63) is 12.2 Å². The minimum Gasteiger partial charge on any atom is -0.316 e. The maximum absolute atomic E-state index is 3.44. The third-order valence-corrected chi connectivity index (χ3v) is 2.97. The fourth-order valence-electron chi connectivity index (χ4n) is 2.28. The molecule has 0 spiro atoms. The normalized spacial score (nSPS) is 42.5. The molecule has 1 fully saturated rings. The molecule has 2 heteroatoms. The molecular formula is C9H16N2. The summed E-state index contributed by atoms with van der Waals surface area (Å²) < 4.78 is 0. The predicted molar refractivity (Wildman–Crippen MR) is 46.5 cm³/mol. The summed E-state index contributed by atoms with van der Waals surface area (Å²) in [6.07, 6.45) is 5.90. The zero-order valence-corrected chi connectivity index (χ0v) is 7.01. The van der Waals surface area contributed by atoms with Gasteiger partial charge in [-0.1, -0.05) is 12.2 Å². The fraction of sp³-hybridized carbons (Fsp3) is 0.778. The lowest BCUT2D eigenvalue weighted by atomic mass is 9.83. The van der Waals surface area contributed by atoms with E-state index >= 15 is 0 Å². The van der Waals surface area contributed by atoms with E-state index in [-0.39, 0.29) is 0 Å². The van der Waals surface area contributed by atoms with Crippen LogP contribution in [-0.4, -0.2) is 26.2 Å². The minimum atomic E-state index is 0.708. The van der Waals surface area contributed by atoms with Crippen molar-refractivity contribution in [3.63, 3.8) is 0 Å². The molecule has 0 radical (unpaired) electrons. The maximum Gasteiger partial charge on any atom is 0.0145 e. The molecule has 1 aliphatic heterocycles. The summed E-state index contributed by atoms with van der Waals surface area (Å²) in [5, 5.41) is 6.82. The second-order valence-corrected chi connectivity index (χ2v) is 3.54. The molecular weight excluding hydrogens is 136 g/mol. The van der Waals surface area contributed by atoms with Crippen molar-refractivity contribution in [1.82, 2.24) is 10.6 Å². The van der Waals surface area contributed by atoms with Crippen molar-refractivity contribution in [2.75, 3.05) is 20.1 Å². The standard InChI is InChI=1S/C9H16N2/c1-10-9-4-2-3-7-5-11-6-8(7)9/h2-3,7-11H,4-6H2,1H3/t7-,8-,9+/m1/s1. The number of hydrogen-bond acceptors (Lipinski definition) is 2. The van der Waals surface area contributed by atoms with Gasteiger partial charge in [0.1, 0.15) is 0 Å². The molecule has 0 unspecified atom stereocenters. The van der Waals surface area contributed by atoms with Crippen LogP contribution in [0.25, 0.3) is 0 Å². The van der Waals surface area contributed by atoms with E-state index in [9.17, 15) is 0 Å². The van der Waals surface area contributed by atoms with Gasteiger partial charge in [0.25, 0.3) is 0 Å². The molecule has 2 N–H and O–H groups in total. The molecule has 0 bridgehead atoms. The van der Waals surface area contributed by atoms with Gasteiger partial charge in [0.05, 0.1) is 0 Å². The first-order chi connectivity index (χ1) is 5.42. The molecule has 0 saturated carbocycles. The zero-order chi connectivity index (χ0) is 7.68. The zero-order valence-electron chi connectivity index (χ0n) is 7.01. The SMILES string of the molecule is CN[C@H]1CC=C[C@@H]2CNC[C@H]21. The highest BCUT2D eigenvalue weighted by Gasteiger charge is 2.32. The highest BCUT2D eigenvalue weighted by molar-refractivity contribution is 5.06. The van der Waals surface area contributed by atoms with Gasteiger partial charge in [-0.05, 0) is 25.3 Å². The molecule has 2 aliphatic rings. The van der Waals surface area contributed by atoms with Crippen molar-refractivity contribution in [3.8, 4) is 0 Å².